The summed E-state index contributed by atoms with van der Waals surface area (Å²) >= 11 is 0. The molecule has 3 N–H and O–H groups in total. The highest BCUT2D eigenvalue weighted by molar-refractivity contribution is 6.03. The quantitative estimate of drug-likeness (QED) is 0.153. The van der Waals surface area contributed by atoms with E-state index < -0.39 is 23.9 Å². The number of hydrogen-bond donors (Lipinski definition) is 3. The fourth-order valence-corrected chi connectivity index (χ4v) is 8.08. The second kappa shape index (κ2) is 15.3. The molecule has 0 spiro atoms. The highest BCUT2D eigenvalue weighted by Crippen LogP contribution is 2.43. The third-order valence-corrected chi connectivity index (χ3v) is 11.1. The molecule has 0 bridgehead atoms. The van der Waals surface area contributed by atoms with Crippen LogP contribution in [0.1, 0.15) is 100 Å². The van der Waals surface area contributed by atoms with Gasteiger partial charge in [-0.15, -0.1) is 0 Å². The summed E-state index contributed by atoms with van der Waals surface area (Å²) in [6, 6.07) is 13.0. The molecule has 0 radical (unpaired) electrons. The van der Waals surface area contributed by atoms with Gasteiger partial charge in [-0.3, -0.25) is 24.4 Å². The van der Waals surface area contributed by atoms with E-state index in [-0.39, 0.29) is 11.6 Å². The van der Waals surface area contributed by atoms with Crippen molar-refractivity contribution in [3.63, 3.8) is 0 Å². The maximum absolute atomic E-state index is 16.0. The summed E-state index contributed by atoms with van der Waals surface area (Å²) in [5.74, 6) is -0.807. The van der Waals surface area contributed by atoms with Crippen molar-refractivity contribution >= 4 is 29.5 Å². The van der Waals surface area contributed by atoms with Gasteiger partial charge in [0.15, 0.2) is 5.82 Å². The number of fused-ring (bicyclic) bond motifs is 1. The van der Waals surface area contributed by atoms with Gasteiger partial charge in [0, 0.05) is 57.2 Å². The van der Waals surface area contributed by atoms with Crippen molar-refractivity contribution in [1.82, 2.24) is 24.3 Å². The molecule has 1 saturated carbocycles. The van der Waals surface area contributed by atoms with Gasteiger partial charge in [-0.25, -0.2) is 9.37 Å². The van der Waals surface area contributed by atoms with Crippen LogP contribution in [0.25, 0.3) is 23.0 Å². The standard InChI is InChI=1S/C42H49FN6O4/c1-25(50)22-48-18-16-38-37(24-48)45-40(47(38)4)41(51)46-35-12-8-11-32(27(35)3)31-10-7-9-29(26(31)2)19-34(43)36-20-33(28-14-15-28)30(21-44-36)23-49-17-6-5-13-39(49)42(52)53/h7-12,19-21,25,28,39,50H,5-6,13-18,22-24H2,1-4H3,(H,46,51)(H,52,53)/b34-19-/t25-,39+/m1/s1. The van der Waals surface area contributed by atoms with Crippen LogP contribution in [0.5, 0.6) is 0 Å². The Morgan fingerprint density at radius 2 is 1.81 bits per heavy atom. The van der Waals surface area contributed by atoms with E-state index in [1.807, 2.05) is 72.8 Å². The van der Waals surface area contributed by atoms with Gasteiger partial charge < -0.3 is 20.1 Å². The minimum absolute atomic E-state index is 0.279. The first-order valence-electron chi connectivity index (χ1n) is 18.8. The molecule has 1 amide bonds. The van der Waals surface area contributed by atoms with E-state index in [0.29, 0.717) is 43.5 Å². The van der Waals surface area contributed by atoms with Crippen molar-refractivity contribution in [1.29, 1.82) is 0 Å². The number of aliphatic hydroxyl groups is 1. The lowest BCUT2D eigenvalue weighted by Crippen LogP contribution is -2.44. The Kier molecular flexibility index (Phi) is 10.6. The molecule has 11 heteroatoms. The van der Waals surface area contributed by atoms with Gasteiger partial charge in [-0.2, -0.15) is 0 Å². The van der Waals surface area contributed by atoms with Gasteiger partial charge in [0.1, 0.15) is 11.9 Å². The van der Waals surface area contributed by atoms with Crippen molar-refractivity contribution in [2.24, 2.45) is 7.05 Å². The molecule has 1 saturated heterocycles. The van der Waals surface area contributed by atoms with Gasteiger partial charge in [-0.05, 0) is 116 Å². The highest BCUT2D eigenvalue weighted by Gasteiger charge is 2.32. The molecule has 7 rings (SSSR count). The van der Waals surface area contributed by atoms with Crippen LogP contribution in [0, 0.1) is 13.8 Å². The average molecular weight is 721 g/mol. The number of nitrogens with zero attached hydrogens (tertiary/aromatic N) is 5. The number of halogens is 1. The molecule has 4 aromatic rings. The molecule has 2 atom stereocenters. The van der Waals surface area contributed by atoms with E-state index in [0.717, 1.165) is 95.5 Å². The van der Waals surface area contributed by atoms with Crippen molar-refractivity contribution < 1.29 is 24.2 Å². The molecule has 3 aliphatic rings. The highest BCUT2D eigenvalue weighted by atomic mass is 19.1. The second-order valence-corrected chi connectivity index (χ2v) is 15.0. The molecule has 53 heavy (non-hydrogen) atoms. The lowest BCUT2D eigenvalue weighted by atomic mass is 9.92. The molecule has 4 heterocycles. The number of rotatable bonds is 11. The number of amides is 1. The normalized spacial score (nSPS) is 18.8. The van der Waals surface area contributed by atoms with E-state index in [1.165, 1.54) is 6.08 Å². The maximum Gasteiger partial charge on any atom is 0.320 e. The number of likely N-dealkylation sites (tertiary alicyclic amines) is 1. The molecule has 2 aromatic heterocycles. The number of aliphatic carboxylic acids is 1. The Bertz CT molecular complexity index is 2070. The number of nitrogens with one attached hydrogen (secondary N) is 1. The van der Waals surface area contributed by atoms with Gasteiger partial charge in [0.25, 0.3) is 5.91 Å². The molecule has 2 fully saturated rings. The number of carboxylic acids is 1. The van der Waals surface area contributed by atoms with Gasteiger partial charge >= 0.3 is 5.97 Å². The summed E-state index contributed by atoms with van der Waals surface area (Å²) in [4.78, 5) is 38.9. The third-order valence-electron chi connectivity index (χ3n) is 11.1. The van der Waals surface area contributed by atoms with E-state index in [2.05, 4.69) is 15.2 Å². The largest absolute Gasteiger partial charge is 0.480 e. The number of carbonyl (C=O) groups is 2. The van der Waals surface area contributed by atoms with Crippen LogP contribution in [0.4, 0.5) is 10.1 Å². The topological polar surface area (TPSA) is 124 Å². The Balaban J connectivity index is 1.11. The zero-order valence-corrected chi connectivity index (χ0v) is 31.0. The summed E-state index contributed by atoms with van der Waals surface area (Å²) in [6.07, 6.45) is 8.21. The van der Waals surface area contributed by atoms with E-state index in [1.54, 1.807) is 13.1 Å². The van der Waals surface area contributed by atoms with Crippen LogP contribution in [-0.4, -0.2) is 78.2 Å². The van der Waals surface area contributed by atoms with Crippen LogP contribution in [0.2, 0.25) is 0 Å². The van der Waals surface area contributed by atoms with E-state index >= 15 is 4.39 Å². The predicted molar refractivity (Wildman–Crippen MR) is 204 cm³/mol. The average Bonchev–Trinajstić information content (AvgIpc) is 3.93. The molecular weight excluding hydrogens is 671 g/mol. The summed E-state index contributed by atoms with van der Waals surface area (Å²) in [7, 11) is 1.87. The number of benzene rings is 2. The van der Waals surface area contributed by atoms with E-state index in [9.17, 15) is 19.8 Å². The summed E-state index contributed by atoms with van der Waals surface area (Å²) < 4.78 is 17.9. The molecule has 2 aromatic carbocycles. The van der Waals surface area contributed by atoms with Crippen LogP contribution >= 0.6 is 0 Å². The van der Waals surface area contributed by atoms with Crippen LogP contribution in [0.3, 0.4) is 0 Å². The number of piperidine rings is 1. The number of aliphatic hydroxyl groups excluding tert-OH is 1. The Hall–Kier alpha value is -4.71. The first kappa shape index (κ1) is 36.6. The fourth-order valence-electron chi connectivity index (χ4n) is 8.08. The Morgan fingerprint density at radius 3 is 2.55 bits per heavy atom. The number of carbonyl (C=O) groups excluding carboxylic acids is 1. The molecular formula is C42H49FN6O4. The number of imidazole rings is 1. The molecule has 0 unspecified atom stereocenters. The van der Waals surface area contributed by atoms with Crippen molar-refractivity contribution in [3.05, 3.63) is 99.4 Å². The smallest absolute Gasteiger partial charge is 0.320 e. The second-order valence-electron chi connectivity index (χ2n) is 15.0. The van der Waals surface area contributed by atoms with Crippen LogP contribution in [0.15, 0.2) is 48.7 Å². The molecule has 10 nitrogen and oxygen atoms in total. The summed E-state index contributed by atoms with van der Waals surface area (Å²) in [5.41, 5.74) is 9.29. The van der Waals surface area contributed by atoms with Crippen molar-refractivity contribution in [3.8, 4) is 11.1 Å². The number of β-amino-alcohol motifs (C(OH)–C–C–N with tert-alkyl or cyclic N) is 1. The monoisotopic (exact) mass is 720 g/mol. The molecule has 278 valence electrons. The minimum Gasteiger partial charge on any atom is -0.480 e. The van der Waals surface area contributed by atoms with Crippen LogP contribution < -0.4 is 5.32 Å². The fraction of sp³-hybridized carbons (Fsp3) is 0.429. The number of aromatic nitrogens is 3. The maximum atomic E-state index is 16.0. The SMILES string of the molecule is Cc1c(/C=C(\F)c2cc(C3CC3)c(CN3CCCC[C@H]3C(=O)O)cn2)cccc1-c1cccc(NC(=O)c2nc3c(n2C)CCN(C[C@@H](C)O)C3)c1C. The van der Waals surface area contributed by atoms with Gasteiger partial charge in [-0.1, -0.05) is 36.8 Å². The summed E-state index contributed by atoms with van der Waals surface area (Å²) in [5, 5.41) is 22.7. The summed E-state index contributed by atoms with van der Waals surface area (Å²) in [6.45, 7) is 8.92. The first-order valence-corrected chi connectivity index (χ1v) is 18.8. The number of carboxylic acid groups (broad SMARTS) is 1. The zero-order chi connectivity index (χ0) is 37.4. The van der Waals surface area contributed by atoms with Gasteiger partial charge in [0.2, 0.25) is 0 Å². The minimum atomic E-state index is -0.787. The number of pyridine rings is 1. The van der Waals surface area contributed by atoms with Crippen molar-refractivity contribution in [2.45, 2.75) is 90.4 Å². The number of hydrogen-bond acceptors (Lipinski definition) is 7. The first-order chi connectivity index (χ1) is 25.5. The third kappa shape index (κ3) is 7.83. The molecule has 2 aliphatic heterocycles. The van der Waals surface area contributed by atoms with Crippen LogP contribution in [-0.2, 0) is 31.4 Å². The Morgan fingerprint density at radius 1 is 1.06 bits per heavy atom. The van der Waals surface area contributed by atoms with E-state index in [4.69, 9.17) is 4.98 Å². The predicted octanol–water partition coefficient (Wildman–Crippen LogP) is 6.87. The lowest BCUT2D eigenvalue weighted by Gasteiger charge is -2.33. The Labute approximate surface area is 310 Å². The zero-order valence-electron chi connectivity index (χ0n) is 31.0. The molecule has 1 aliphatic carbocycles. The van der Waals surface area contributed by atoms with Gasteiger partial charge in [0.05, 0.1) is 17.5 Å². The lowest BCUT2D eigenvalue weighted by molar-refractivity contribution is -0.144. The van der Waals surface area contributed by atoms with Crippen molar-refractivity contribution in [2.75, 3.05) is 25.0 Å². The number of anilines is 1.